The molecule has 0 aliphatic carbocycles. The van der Waals surface area contributed by atoms with Crippen LogP contribution in [0.25, 0.3) is 0 Å². The Morgan fingerprint density at radius 3 is 1.81 bits per heavy atom. The standard InChI is InChI=1S/C8H8N4O4/c13-9-5-11(15)7-2-1-3-8(4-7)12(16)6-10-14/h1-6,9-10H. The first-order chi connectivity index (χ1) is 7.69. The van der Waals surface area contributed by atoms with Crippen molar-refractivity contribution < 1.29 is 20.7 Å². The van der Waals surface area contributed by atoms with Gasteiger partial charge in [0.1, 0.15) is 0 Å². The van der Waals surface area contributed by atoms with Crippen LogP contribution < -0.4 is 20.4 Å². The first kappa shape index (κ1) is 11.8. The van der Waals surface area contributed by atoms with Crippen molar-refractivity contribution in [3.05, 3.63) is 34.7 Å². The van der Waals surface area contributed by atoms with Crippen molar-refractivity contribution in [2.75, 3.05) is 10.1 Å². The highest BCUT2D eigenvalue weighted by atomic mass is 16.5. The van der Waals surface area contributed by atoms with Crippen LogP contribution in [0.4, 0.5) is 11.4 Å². The number of benzene rings is 1. The Balaban J connectivity index is 2.94. The van der Waals surface area contributed by atoms with E-state index in [9.17, 15) is 20.8 Å². The molecule has 1 aromatic rings. The number of hydrogen-bond acceptors (Lipinski definition) is 2. The molecule has 8 heteroatoms. The quantitative estimate of drug-likeness (QED) is 0.248. The molecule has 0 bridgehead atoms. The van der Waals surface area contributed by atoms with Gasteiger partial charge in [0.15, 0.2) is 11.4 Å². The fraction of sp³-hybridized carbons (Fsp3) is 0. The summed E-state index contributed by atoms with van der Waals surface area (Å²) in [7, 11) is 0. The predicted molar refractivity (Wildman–Crippen MR) is 53.6 cm³/mol. The number of hydrogen-bond donors (Lipinski definition) is 2. The lowest BCUT2D eigenvalue weighted by Crippen LogP contribution is -2.63. The molecule has 16 heavy (non-hydrogen) atoms. The maximum Gasteiger partial charge on any atom is 0.274 e. The number of rotatable bonds is 4. The normalized spacial score (nSPS) is 11.1. The van der Waals surface area contributed by atoms with Crippen molar-refractivity contribution in [3.8, 4) is 0 Å². The van der Waals surface area contributed by atoms with E-state index >= 15 is 0 Å². The highest BCUT2D eigenvalue weighted by Gasteiger charge is 2.15. The molecule has 8 nitrogen and oxygen atoms in total. The average Bonchev–Trinajstić information content (AvgIpc) is 2.30. The zero-order valence-corrected chi connectivity index (χ0v) is 7.99. The molecule has 0 aliphatic rings. The first-order valence-corrected chi connectivity index (χ1v) is 4.14. The first-order valence-electron chi connectivity index (χ1n) is 4.14. The fourth-order valence-corrected chi connectivity index (χ4v) is 1.01. The van der Waals surface area contributed by atoms with Crippen LogP contribution in [0, 0.1) is 10.4 Å². The Kier molecular flexibility index (Phi) is 4.07. The van der Waals surface area contributed by atoms with E-state index in [0.29, 0.717) is 12.7 Å². The molecule has 0 amide bonds. The molecule has 84 valence electrons. The highest BCUT2D eigenvalue weighted by molar-refractivity contribution is 5.78. The van der Waals surface area contributed by atoms with E-state index in [2.05, 4.69) is 0 Å². The number of anilines is 2. The lowest BCUT2D eigenvalue weighted by Gasteiger charge is -2.03. The van der Waals surface area contributed by atoms with Crippen molar-refractivity contribution in [1.29, 1.82) is 0 Å². The Morgan fingerprint density at radius 1 is 1.00 bits per heavy atom. The lowest BCUT2D eigenvalue weighted by molar-refractivity contribution is -0.370. The summed E-state index contributed by atoms with van der Waals surface area (Å²) in [6.45, 7) is 0. The third-order valence-electron chi connectivity index (χ3n) is 1.68. The van der Waals surface area contributed by atoms with Gasteiger partial charge in [0, 0.05) is 16.5 Å². The van der Waals surface area contributed by atoms with E-state index in [0.717, 1.165) is 0 Å². The Hall–Kier alpha value is -2.32. The van der Waals surface area contributed by atoms with Gasteiger partial charge in [-0.3, -0.25) is 10.3 Å². The molecular weight excluding hydrogens is 216 g/mol. The minimum atomic E-state index is 0.0843. The summed E-state index contributed by atoms with van der Waals surface area (Å²) in [4.78, 5) is 0. The van der Waals surface area contributed by atoms with E-state index in [1.165, 1.54) is 34.6 Å². The molecule has 0 spiro atoms. The van der Waals surface area contributed by atoms with Crippen molar-refractivity contribution in [2.45, 2.75) is 0 Å². The van der Waals surface area contributed by atoms with Gasteiger partial charge >= 0.3 is 0 Å². The van der Waals surface area contributed by atoms with Crippen molar-refractivity contribution in [3.63, 3.8) is 0 Å². The zero-order valence-electron chi connectivity index (χ0n) is 7.99. The third kappa shape index (κ3) is 2.83. The minimum absolute atomic E-state index is 0.0843. The fourth-order valence-electron chi connectivity index (χ4n) is 1.01. The van der Waals surface area contributed by atoms with Crippen LogP contribution in [0.1, 0.15) is 0 Å². The SMILES string of the molecule is [O]N(C=[NH+][O-])c1cccc(N([O])C=[NH+][O-])c1. The van der Waals surface area contributed by atoms with E-state index in [4.69, 9.17) is 0 Å². The van der Waals surface area contributed by atoms with Gasteiger partial charge < -0.3 is 10.4 Å². The number of hydroxylamine groups is 2. The van der Waals surface area contributed by atoms with Crippen LogP contribution in [0.15, 0.2) is 24.3 Å². The maximum atomic E-state index is 11.2. The molecule has 0 aliphatic heterocycles. The van der Waals surface area contributed by atoms with Gasteiger partial charge in [-0.1, -0.05) is 16.2 Å². The predicted octanol–water partition coefficient (Wildman–Crippen LogP) is -2.80. The minimum Gasteiger partial charge on any atom is -0.717 e. The third-order valence-corrected chi connectivity index (χ3v) is 1.68. The summed E-state index contributed by atoms with van der Waals surface area (Å²) in [5.41, 5.74) is 0.169. The average molecular weight is 224 g/mol. The molecule has 2 N–H and O–H groups in total. The van der Waals surface area contributed by atoms with E-state index in [1.54, 1.807) is 0 Å². The monoisotopic (exact) mass is 224 g/mol. The van der Waals surface area contributed by atoms with Gasteiger partial charge in [0.2, 0.25) is 0 Å². The smallest absolute Gasteiger partial charge is 0.274 e. The summed E-state index contributed by atoms with van der Waals surface area (Å²) < 4.78 is 0. The van der Waals surface area contributed by atoms with Crippen LogP contribution in [-0.2, 0) is 10.4 Å². The van der Waals surface area contributed by atoms with Crippen molar-refractivity contribution in [1.82, 2.24) is 0 Å². The molecule has 2 radical (unpaired) electrons. The van der Waals surface area contributed by atoms with E-state index < -0.39 is 0 Å². The van der Waals surface area contributed by atoms with Gasteiger partial charge in [-0.05, 0) is 12.1 Å². The highest BCUT2D eigenvalue weighted by Crippen LogP contribution is 2.19. The summed E-state index contributed by atoms with van der Waals surface area (Å²) >= 11 is 0. The molecule has 0 saturated carbocycles. The van der Waals surface area contributed by atoms with Gasteiger partial charge in [-0.2, -0.15) is 0 Å². The topological polar surface area (TPSA) is 120 Å². The van der Waals surface area contributed by atoms with Crippen LogP contribution in [-0.4, -0.2) is 12.7 Å². The molecule has 0 saturated heterocycles. The van der Waals surface area contributed by atoms with Crippen molar-refractivity contribution in [2.24, 2.45) is 0 Å². The summed E-state index contributed by atoms with van der Waals surface area (Å²) in [6, 6.07) is 5.48. The molecule has 0 aromatic heterocycles. The molecular formula is C8H8N4O4. The molecule has 1 aromatic carbocycles. The second kappa shape index (κ2) is 5.53. The second-order valence-corrected chi connectivity index (χ2v) is 2.67. The van der Waals surface area contributed by atoms with E-state index in [1.807, 2.05) is 0 Å². The summed E-state index contributed by atoms with van der Waals surface area (Å²) in [5.74, 6) is 0. The number of nitrogens with one attached hydrogen (secondary N) is 2. The maximum absolute atomic E-state index is 11.2. The Labute approximate surface area is 90.5 Å². The van der Waals surface area contributed by atoms with Gasteiger partial charge in [0.25, 0.3) is 12.7 Å². The Morgan fingerprint density at radius 2 is 1.44 bits per heavy atom. The van der Waals surface area contributed by atoms with Crippen LogP contribution in [0.5, 0.6) is 0 Å². The summed E-state index contributed by atoms with van der Waals surface area (Å²) in [5, 5.41) is 45.4. The van der Waals surface area contributed by atoms with Gasteiger partial charge in [-0.25, -0.2) is 0 Å². The zero-order chi connectivity index (χ0) is 12.0. The molecule has 0 unspecified atom stereocenters. The molecule has 0 fully saturated rings. The Bertz CT molecular complexity index is 362. The molecule has 1 rings (SSSR count). The van der Waals surface area contributed by atoms with Crippen LogP contribution in [0.2, 0.25) is 0 Å². The largest absolute Gasteiger partial charge is 0.717 e. The van der Waals surface area contributed by atoms with Gasteiger partial charge in [0.05, 0.1) is 0 Å². The van der Waals surface area contributed by atoms with Gasteiger partial charge in [-0.15, -0.1) is 0 Å². The number of nitrogens with zero attached hydrogens (tertiary/aromatic N) is 2. The van der Waals surface area contributed by atoms with Crippen LogP contribution in [0.3, 0.4) is 0 Å². The van der Waals surface area contributed by atoms with Crippen molar-refractivity contribution >= 4 is 24.1 Å². The molecule has 0 atom stereocenters. The molecule has 0 heterocycles. The summed E-state index contributed by atoms with van der Waals surface area (Å²) in [6.07, 6.45) is 1.29. The lowest BCUT2D eigenvalue weighted by atomic mass is 10.3. The second-order valence-electron chi connectivity index (χ2n) is 2.67. The van der Waals surface area contributed by atoms with Crippen LogP contribution >= 0.6 is 0 Å². The van der Waals surface area contributed by atoms with E-state index in [-0.39, 0.29) is 21.5 Å².